The molecule has 0 radical (unpaired) electrons. The maximum Gasteiger partial charge on any atom is 0.255 e. The van der Waals surface area contributed by atoms with Gasteiger partial charge in [-0.25, -0.2) is 13.1 Å². The minimum absolute atomic E-state index is 0.0405. The van der Waals surface area contributed by atoms with E-state index < -0.39 is 10.0 Å². The van der Waals surface area contributed by atoms with Crippen molar-refractivity contribution in [1.29, 1.82) is 0 Å². The molecule has 0 saturated carbocycles. The number of hydrogen-bond donors (Lipinski definition) is 2. The predicted molar refractivity (Wildman–Crippen MR) is 118 cm³/mol. The number of rotatable bonds is 6. The van der Waals surface area contributed by atoms with Crippen LogP contribution in [-0.2, 0) is 22.0 Å². The van der Waals surface area contributed by atoms with Gasteiger partial charge >= 0.3 is 0 Å². The number of aromatic nitrogens is 1. The lowest BCUT2D eigenvalue weighted by Crippen LogP contribution is -2.23. The molecule has 0 saturated heterocycles. The van der Waals surface area contributed by atoms with Crippen molar-refractivity contribution in [2.45, 2.75) is 37.6 Å². The molecule has 7 heteroatoms. The first-order chi connectivity index (χ1) is 14.1. The van der Waals surface area contributed by atoms with Crippen molar-refractivity contribution in [3.8, 4) is 0 Å². The Hall–Kier alpha value is -3.03. The lowest BCUT2D eigenvalue weighted by Gasteiger charge is -2.19. The highest BCUT2D eigenvalue weighted by atomic mass is 32.2. The van der Waals surface area contributed by atoms with Crippen LogP contribution in [0.25, 0.3) is 0 Å². The molecule has 2 N–H and O–H groups in total. The van der Waals surface area contributed by atoms with Gasteiger partial charge in [0, 0.05) is 30.2 Å². The Bertz CT molecular complexity index is 1100. The van der Waals surface area contributed by atoms with E-state index >= 15 is 0 Å². The number of benzene rings is 2. The van der Waals surface area contributed by atoms with E-state index in [9.17, 15) is 13.2 Å². The van der Waals surface area contributed by atoms with Crippen molar-refractivity contribution in [2.24, 2.45) is 0 Å². The summed E-state index contributed by atoms with van der Waals surface area (Å²) in [5.74, 6) is -0.243. The summed E-state index contributed by atoms with van der Waals surface area (Å²) in [6.45, 7) is 6.37. The van der Waals surface area contributed by atoms with Crippen molar-refractivity contribution < 1.29 is 13.2 Å². The second-order valence-electron chi connectivity index (χ2n) is 7.99. The van der Waals surface area contributed by atoms with Gasteiger partial charge in [-0.1, -0.05) is 45.0 Å². The minimum atomic E-state index is -3.62. The van der Waals surface area contributed by atoms with Crippen molar-refractivity contribution in [3.05, 3.63) is 89.7 Å². The van der Waals surface area contributed by atoms with Gasteiger partial charge in [0.1, 0.15) is 0 Å². The number of carbonyl (C=O) groups excluding carboxylic acids is 1. The Morgan fingerprint density at radius 1 is 0.900 bits per heavy atom. The van der Waals surface area contributed by atoms with Crippen LogP contribution in [0, 0.1) is 0 Å². The Labute approximate surface area is 177 Å². The van der Waals surface area contributed by atoms with Crippen LogP contribution < -0.4 is 10.0 Å². The molecule has 0 aliphatic heterocycles. The smallest absolute Gasteiger partial charge is 0.255 e. The van der Waals surface area contributed by atoms with Crippen LogP contribution in [0.2, 0.25) is 0 Å². The minimum Gasteiger partial charge on any atom is -0.322 e. The fourth-order valence-corrected chi connectivity index (χ4v) is 3.83. The molecule has 3 aromatic rings. The summed E-state index contributed by atoms with van der Waals surface area (Å²) in [6.07, 6.45) is 3.20. The third-order valence-corrected chi connectivity index (χ3v) is 6.07. The van der Waals surface area contributed by atoms with Crippen molar-refractivity contribution in [3.63, 3.8) is 0 Å². The molecule has 0 aliphatic carbocycles. The number of amides is 1. The molecule has 1 aromatic heterocycles. The maximum absolute atomic E-state index is 12.6. The third kappa shape index (κ3) is 5.52. The predicted octanol–water partition coefficient (Wildman–Crippen LogP) is 4.11. The van der Waals surface area contributed by atoms with Crippen molar-refractivity contribution >= 4 is 21.6 Å². The van der Waals surface area contributed by atoms with Gasteiger partial charge in [0.25, 0.3) is 5.91 Å². The van der Waals surface area contributed by atoms with E-state index in [1.54, 1.807) is 60.9 Å². The van der Waals surface area contributed by atoms with Crippen molar-refractivity contribution in [2.75, 3.05) is 5.32 Å². The summed E-state index contributed by atoms with van der Waals surface area (Å²) in [5.41, 5.74) is 2.93. The molecule has 6 nitrogen and oxygen atoms in total. The highest BCUT2D eigenvalue weighted by molar-refractivity contribution is 7.89. The maximum atomic E-state index is 12.6. The second-order valence-corrected chi connectivity index (χ2v) is 9.75. The quantitative estimate of drug-likeness (QED) is 0.625. The highest BCUT2D eigenvalue weighted by Gasteiger charge is 2.17. The number of hydrogen-bond acceptors (Lipinski definition) is 4. The molecule has 156 valence electrons. The molecular formula is C23H25N3O3S. The molecule has 30 heavy (non-hydrogen) atoms. The second kappa shape index (κ2) is 8.77. The normalized spacial score (nSPS) is 11.8. The molecular weight excluding hydrogens is 398 g/mol. The van der Waals surface area contributed by atoms with E-state index in [4.69, 9.17) is 0 Å². The molecule has 0 fully saturated rings. The first-order valence-corrected chi connectivity index (χ1v) is 11.0. The third-order valence-electron chi connectivity index (χ3n) is 4.65. The molecule has 1 heterocycles. The Morgan fingerprint density at radius 3 is 2.07 bits per heavy atom. The Balaban J connectivity index is 1.62. The number of sulfonamides is 1. The van der Waals surface area contributed by atoms with E-state index in [1.807, 2.05) is 12.1 Å². The van der Waals surface area contributed by atoms with Gasteiger partial charge in [0.2, 0.25) is 10.0 Å². The zero-order valence-electron chi connectivity index (χ0n) is 17.2. The molecule has 0 spiro atoms. The Kier molecular flexibility index (Phi) is 6.34. The van der Waals surface area contributed by atoms with Gasteiger partial charge in [-0.3, -0.25) is 9.78 Å². The number of nitrogens with zero attached hydrogens (tertiary/aromatic N) is 1. The number of nitrogens with one attached hydrogen (secondary N) is 2. The Morgan fingerprint density at radius 2 is 1.50 bits per heavy atom. The van der Waals surface area contributed by atoms with Crippen LogP contribution in [0.5, 0.6) is 0 Å². The molecule has 0 atom stereocenters. The summed E-state index contributed by atoms with van der Waals surface area (Å²) in [5, 5.41) is 2.78. The topological polar surface area (TPSA) is 88.2 Å². The summed E-state index contributed by atoms with van der Waals surface area (Å²) >= 11 is 0. The van der Waals surface area contributed by atoms with Gasteiger partial charge in [-0.2, -0.15) is 0 Å². The zero-order chi connectivity index (χ0) is 21.8. The average molecular weight is 424 g/mol. The average Bonchev–Trinajstić information content (AvgIpc) is 2.73. The van der Waals surface area contributed by atoms with E-state index in [0.29, 0.717) is 11.3 Å². The van der Waals surface area contributed by atoms with Gasteiger partial charge in [0.05, 0.1) is 4.90 Å². The van der Waals surface area contributed by atoms with Crippen LogP contribution in [0.3, 0.4) is 0 Å². The van der Waals surface area contributed by atoms with Crippen LogP contribution >= 0.6 is 0 Å². The van der Waals surface area contributed by atoms with E-state index in [0.717, 1.165) is 11.1 Å². The standard InChI is InChI=1S/C23H25N3O3S/c1-23(2,3)19-8-10-21(11-9-19)30(28,29)25-16-17-4-6-18(7-5-17)22(27)26-20-12-14-24-15-13-20/h4-15,25H,16H2,1-3H3,(H,24,26,27). The van der Waals surface area contributed by atoms with E-state index in [-0.39, 0.29) is 22.8 Å². The van der Waals surface area contributed by atoms with E-state index in [1.165, 1.54) is 0 Å². The van der Waals surface area contributed by atoms with Gasteiger partial charge < -0.3 is 5.32 Å². The first kappa shape index (κ1) is 21.7. The number of pyridine rings is 1. The lowest BCUT2D eigenvalue weighted by molar-refractivity contribution is 0.102. The van der Waals surface area contributed by atoms with Gasteiger partial charge in [-0.05, 0) is 52.9 Å². The SMILES string of the molecule is CC(C)(C)c1ccc(S(=O)(=O)NCc2ccc(C(=O)Nc3ccncc3)cc2)cc1. The van der Waals surface area contributed by atoms with Crippen molar-refractivity contribution in [1.82, 2.24) is 9.71 Å². The summed E-state index contributed by atoms with van der Waals surface area (Å²) < 4.78 is 27.7. The molecule has 2 aromatic carbocycles. The molecule has 0 aliphatic rings. The van der Waals surface area contributed by atoms with E-state index in [2.05, 4.69) is 35.8 Å². The van der Waals surface area contributed by atoms with Crippen LogP contribution in [0.15, 0.2) is 78.0 Å². The summed E-state index contributed by atoms with van der Waals surface area (Å²) in [6, 6.07) is 17.1. The van der Waals surface area contributed by atoms with Crippen LogP contribution in [0.1, 0.15) is 42.3 Å². The first-order valence-electron chi connectivity index (χ1n) is 9.56. The molecule has 1 amide bonds. The number of carbonyl (C=O) groups is 1. The summed E-state index contributed by atoms with van der Waals surface area (Å²) in [4.78, 5) is 16.4. The summed E-state index contributed by atoms with van der Waals surface area (Å²) in [7, 11) is -3.62. The highest BCUT2D eigenvalue weighted by Crippen LogP contribution is 2.23. The van der Waals surface area contributed by atoms with Gasteiger partial charge in [0.15, 0.2) is 0 Å². The molecule has 0 unspecified atom stereocenters. The lowest BCUT2D eigenvalue weighted by atomic mass is 9.87. The van der Waals surface area contributed by atoms with Crippen LogP contribution in [-0.4, -0.2) is 19.3 Å². The van der Waals surface area contributed by atoms with Crippen LogP contribution in [0.4, 0.5) is 5.69 Å². The molecule has 3 rings (SSSR count). The van der Waals surface area contributed by atoms with Gasteiger partial charge in [-0.15, -0.1) is 0 Å². The largest absolute Gasteiger partial charge is 0.322 e. The monoisotopic (exact) mass is 423 g/mol. The zero-order valence-corrected chi connectivity index (χ0v) is 18.0. The fraction of sp³-hybridized carbons (Fsp3) is 0.217. The number of anilines is 1. The fourth-order valence-electron chi connectivity index (χ4n) is 2.81. The molecule has 0 bridgehead atoms.